The lowest BCUT2D eigenvalue weighted by atomic mass is 10.3. The molecule has 0 fully saturated rings. The number of nitrogens with zero attached hydrogens (tertiary/aromatic N) is 1. The summed E-state index contributed by atoms with van der Waals surface area (Å²) in [4.78, 5) is 2.15. The zero-order valence-corrected chi connectivity index (χ0v) is 10.1. The van der Waals surface area contributed by atoms with E-state index in [-0.39, 0.29) is 0 Å². The monoisotopic (exact) mass is 173 g/mol. The molecule has 0 aliphatic carbocycles. The molecule has 0 saturated heterocycles. The first-order chi connectivity index (χ1) is 5.72. The quantitative estimate of drug-likeness (QED) is 0.625. The number of hydrogen-bond acceptors (Lipinski definition) is 1. The second kappa shape index (κ2) is 16.9. The molecule has 1 heteroatoms. The van der Waals surface area contributed by atoms with Crippen molar-refractivity contribution in [1.82, 2.24) is 4.90 Å². The minimum Gasteiger partial charge on any atom is -0.379 e. The van der Waals surface area contributed by atoms with Crippen LogP contribution in [0.4, 0.5) is 0 Å². The third-order valence-electron chi connectivity index (χ3n) is 1.42. The molecule has 1 nitrogen and oxygen atoms in total. The zero-order valence-electron chi connectivity index (χ0n) is 10.1. The van der Waals surface area contributed by atoms with Crippen molar-refractivity contribution in [2.75, 3.05) is 13.6 Å². The summed E-state index contributed by atoms with van der Waals surface area (Å²) in [7, 11) is 2.06. The maximum atomic E-state index is 3.87. The molecular formula is C11H27N. The van der Waals surface area contributed by atoms with Gasteiger partial charge in [0.25, 0.3) is 0 Å². The van der Waals surface area contributed by atoms with E-state index in [1.54, 1.807) is 0 Å². The number of hydrogen-bond donors (Lipinski definition) is 0. The molecule has 0 aliphatic rings. The van der Waals surface area contributed by atoms with E-state index in [0.717, 1.165) is 13.0 Å². The summed E-state index contributed by atoms with van der Waals surface area (Å²) >= 11 is 0. The van der Waals surface area contributed by atoms with Gasteiger partial charge in [-0.05, 0) is 13.3 Å². The van der Waals surface area contributed by atoms with Gasteiger partial charge in [-0.1, -0.05) is 41.2 Å². The molecule has 12 heavy (non-hydrogen) atoms. The second-order valence-electron chi connectivity index (χ2n) is 1.93. The second-order valence-corrected chi connectivity index (χ2v) is 1.93. The van der Waals surface area contributed by atoms with Crippen LogP contribution in [0.25, 0.3) is 0 Å². The van der Waals surface area contributed by atoms with E-state index in [1.165, 1.54) is 5.70 Å². The molecule has 0 aromatic carbocycles. The lowest BCUT2D eigenvalue weighted by Crippen LogP contribution is -2.14. The van der Waals surface area contributed by atoms with Gasteiger partial charge in [0.15, 0.2) is 0 Å². The van der Waals surface area contributed by atoms with Crippen LogP contribution in [-0.4, -0.2) is 18.5 Å². The van der Waals surface area contributed by atoms with E-state index in [2.05, 4.69) is 32.4 Å². The highest BCUT2D eigenvalue weighted by molar-refractivity contribution is 4.89. The average Bonchev–Trinajstić information content (AvgIpc) is 2.21. The Morgan fingerprint density at radius 3 is 1.50 bits per heavy atom. The van der Waals surface area contributed by atoms with E-state index >= 15 is 0 Å². The maximum Gasteiger partial charge on any atom is 0.0143 e. The number of allylic oxidation sites excluding steroid dienone is 1. The van der Waals surface area contributed by atoms with Gasteiger partial charge in [-0.15, -0.1) is 0 Å². The summed E-state index contributed by atoms with van der Waals surface area (Å²) in [6.07, 6.45) is 1.06. The molecule has 0 N–H and O–H groups in total. The van der Waals surface area contributed by atoms with E-state index < -0.39 is 0 Å². The lowest BCUT2D eigenvalue weighted by molar-refractivity contribution is 0.430. The van der Waals surface area contributed by atoms with Gasteiger partial charge in [-0.25, -0.2) is 0 Å². The third-order valence-corrected chi connectivity index (χ3v) is 1.42. The Morgan fingerprint density at radius 1 is 1.08 bits per heavy atom. The highest BCUT2D eigenvalue weighted by Crippen LogP contribution is 2.00. The number of rotatable bonds is 3. The Balaban J connectivity index is -0.000000175. The molecule has 0 aromatic heterocycles. The fourth-order valence-corrected chi connectivity index (χ4v) is 0.494. The summed E-state index contributed by atoms with van der Waals surface area (Å²) in [5.74, 6) is 0. The molecule has 0 radical (unpaired) electrons. The highest BCUT2D eigenvalue weighted by Gasteiger charge is 1.92. The van der Waals surface area contributed by atoms with Gasteiger partial charge in [0, 0.05) is 19.3 Å². The van der Waals surface area contributed by atoms with Gasteiger partial charge in [0.05, 0.1) is 0 Å². The SMILES string of the molecule is C=C(CC)N(C)CC.CC.CC. The Kier molecular flexibility index (Phi) is 24.7. The van der Waals surface area contributed by atoms with Crippen LogP contribution in [0.1, 0.15) is 48.0 Å². The van der Waals surface area contributed by atoms with Crippen LogP contribution < -0.4 is 0 Å². The minimum absolute atomic E-state index is 1.06. The van der Waals surface area contributed by atoms with E-state index in [0.29, 0.717) is 0 Å². The van der Waals surface area contributed by atoms with Crippen molar-refractivity contribution in [2.24, 2.45) is 0 Å². The van der Waals surface area contributed by atoms with Crippen LogP contribution in [0.3, 0.4) is 0 Å². The molecule has 0 unspecified atom stereocenters. The summed E-state index contributed by atoms with van der Waals surface area (Å²) in [6, 6.07) is 0. The van der Waals surface area contributed by atoms with Crippen molar-refractivity contribution in [3.63, 3.8) is 0 Å². The first-order valence-electron chi connectivity index (χ1n) is 5.11. The van der Waals surface area contributed by atoms with Crippen LogP contribution in [0.15, 0.2) is 12.3 Å². The molecular weight excluding hydrogens is 146 g/mol. The summed E-state index contributed by atoms with van der Waals surface area (Å²) in [6.45, 7) is 17.2. The summed E-state index contributed by atoms with van der Waals surface area (Å²) < 4.78 is 0. The first kappa shape index (κ1) is 17.6. The van der Waals surface area contributed by atoms with Gasteiger partial charge in [-0.3, -0.25) is 0 Å². The minimum atomic E-state index is 1.06. The summed E-state index contributed by atoms with van der Waals surface area (Å²) in [5, 5.41) is 0. The summed E-state index contributed by atoms with van der Waals surface area (Å²) in [5.41, 5.74) is 1.22. The molecule has 0 aliphatic heterocycles. The average molecular weight is 173 g/mol. The zero-order chi connectivity index (χ0) is 10.6. The Bertz CT molecular complexity index is 77.1. The van der Waals surface area contributed by atoms with Crippen molar-refractivity contribution >= 4 is 0 Å². The van der Waals surface area contributed by atoms with Gasteiger partial charge in [0.2, 0.25) is 0 Å². The van der Waals surface area contributed by atoms with E-state index in [4.69, 9.17) is 0 Å². The van der Waals surface area contributed by atoms with Crippen molar-refractivity contribution in [2.45, 2.75) is 48.0 Å². The van der Waals surface area contributed by atoms with Crippen molar-refractivity contribution in [3.05, 3.63) is 12.3 Å². The van der Waals surface area contributed by atoms with Gasteiger partial charge >= 0.3 is 0 Å². The molecule has 0 heterocycles. The molecule has 76 valence electrons. The molecule has 0 aromatic rings. The van der Waals surface area contributed by atoms with Crippen LogP contribution in [0.5, 0.6) is 0 Å². The molecule has 0 amide bonds. The Hall–Kier alpha value is -0.460. The van der Waals surface area contributed by atoms with Crippen molar-refractivity contribution in [1.29, 1.82) is 0 Å². The van der Waals surface area contributed by atoms with Gasteiger partial charge in [-0.2, -0.15) is 0 Å². The normalized spacial score (nSPS) is 6.92. The smallest absolute Gasteiger partial charge is 0.0143 e. The van der Waals surface area contributed by atoms with E-state index in [9.17, 15) is 0 Å². The molecule has 0 rings (SSSR count). The van der Waals surface area contributed by atoms with Crippen molar-refractivity contribution in [3.8, 4) is 0 Å². The Labute approximate surface area is 79.5 Å². The fraction of sp³-hybridized carbons (Fsp3) is 0.818. The van der Waals surface area contributed by atoms with Crippen LogP contribution in [-0.2, 0) is 0 Å². The van der Waals surface area contributed by atoms with Crippen LogP contribution >= 0.6 is 0 Å². The lowest BCUT2D eigenvalue weighted by Gasteiger charge is -2.17. The Morgan fingerprint density at radius 2 is 1.42 bits per heavy atom. The highest BCUT2D eigenvalue weighted by atomic mass is 15.1. The maximum absolute atomic E-state index is 3.87. The molecule has 0 spiro atoms. The molecule has 0 bridgehead atoms. The van der Waals surface area contributed by atoms with Crippen LogP contribution in [0, 0.1) is 0 Å². The van der Waals surface area contributed by atoms with E-state index in [1.807, 2.05) is 27.7 Å². The predicted molar refractivity (Wildman–Crippen MR) is 60.4 cm³/mol. The topological polar surface area (TPSA) is 3.24 Å². The fourth-order valence-electron chi connectivity index (χ4n) is 0.494. The van der Waals surface area contributed by atoms with Crippen LogP contribution in [0.2, 0.25) is 0 Å². The van der Waals surface area contributed by atoms with Gasteiger partial charge in [0.1, 0.15) is 0 Å². The molecule has 0 atom stereocenters. The van der Waals surface area contributed by atoms with Gasteiger partial charge < -0.3 is 4.90 Å². The largest absolute Gasteiger partial charge is 0.379 e. The van der Waals surface area contributed by atoms with Crippen molar-refractivity contribution < 1.29 is 0 Å². The predicted octanol–water partition coefficient (Wildman–Crippen LogP) is 3.91. The first-order valence-corrected chi connectivity index (χ1v) is 5.11. The molecule has 0 saturated carbocycles. The standard InChI is InChI=1S/C7H15N.2C2H6/c1-5-7(3)8(4)6-2;2*1-2/h3,5-6H2,1-2,4H3;2*1-2H3. The third kappa shape index (κ3) is 12.2.